The largest absolute Gasteiger partial charge is 0.353 e. The Bertz CT molecular complexity index is 1660. The van der Waals surface area contributed by atoms with E-state index < -0.39 is 10.0 Å². The number of anilines is 2. The van der Waals surface area contributed by atoms with Crippen LogP contribution in [-0.2, 0) is 16.4 Å². The molecule has 0 atom stereocenters. The van der Waals surface area contributed by atoms with Crippen molar-refractivity contribution < 1.29 is 8.42 Å². The number of rotatable bonds is 7. The summed E-state index contributed by atoms with van der Waals surface area (Å²) < 4.78 is 34.8. The predicted octanol–water partition coefficient (Wildman–Crippen LogP) is 5.62. The van der Waals surface area contributed by atoms with Crippen molar-refractivity contribution in [1.29, 1.82) is 0 Å². The van der Waals surface area contributed by atoms with Gasteiger partial charge in [-0.1, -0.05) is 54.6 Å². The van der Waals surface area contributed by atoms with Gasteiger partial charge in [-0.05, 0) is 70.7 Å². The van der Waals surface area contributed by atoms with E-state index in [9.17, 15) is 8.42 Å². The number of benzene rings is 4. The molecule has 0 radical (unpaired) electrons. The Morgan fingerprint density at radius 3 is 2.46 bits per heavy atom. The third-order valence-electron chi connectivity index (χ3n) is 6.96. The molecule has 37 heavy (non-hydrogen) atoms. The minimum Gasteiger partial charge on any atom is -0.353 e. The lowest BCUT2D eigenvalue weighted by Crippen LogP contribution is -2.47. The SMILES string of the molecule is O=S(=O)(Nc1cccc(CCN2CCN(c3nsc4ccccc34)CC2)c1)c1ccc2ccccc2c1. The fraction of sp³-hybridized carbons (Fsp3) is 0.207. The van der Waals surface area contributed by atoms with Gasteiger partial charge < -0.3 is 4.90 Å². The first-order chi connectivity index (χ1) is 18.0. The molecular weight excluding hydrogens is 500 g/mol. The Morgan fingerprint density at radius 2 is 1.59 bits per heavy atom. The molecule has 1 fully saturated rings. The minimum absolute atomic E-state index is 0.266. The van der Waals surface area contributed by atoms with Crippen LogP contribution in [0.4, 0.5) is 11.5 Å². The molecule has 0 unspecified atom stereocenters. The molecule has 1 aromatic heterocycles. The molecule has 0 bridgehead atoms. The molecule has 0 amide bonds. The Balaban J connectivity index is 1.07. The van der Waals surface area contributed by atoms with Crippen LogP contribution in [0, 0.1) is 0 Å². The third-order valence-corrected chi connectivity index (χ3v) is 9.15. The zero-order valence-corrected chi connectivity index (χ0v) is 22.0. The van der Waals surface area contributed by atoms with Crippen molar-refractivity contribution >= 4 is 53.9 Å². The smallest absolute Gasteiger partial charge is 0.261 e. The summed E-state index contributed by atoms with van der Waals surface area (Å²) in [4.78, 5) is 5.12. The Hall–Kier alpha value is -3.46. The van der Waals surface area contributed by atoms with Gasteiger partial charge in [0, 0.05) is 43.8 Å². The van der Waals surface area contributed by atoms with Gasteiger partial charge in [0.05, 0.1) is 9.60 Å². The zero-order chi connectivity index (χ0) is 25.2. The van der Waals surface area contributed by atoms with Gasteiger partial charge in [-0.25, -0.2) is 8.42 Å². The molecule has 188 valence electrons. The van der Waals surface area contributed by atoms with Gasteiger partial charge in [0.1, 0.15) is 5.82 Å². The lowest BCUT2D eigenvalue weighted by atomic mass is 10.1. The summed E-state index contributed by atoms with van der Waals surface area (Å²) in [6.07, 6.45) is 0.866. The van der Waals surface area contributed by atoms with Crippen LogP contribution in [0.25, 0.3) is 20.9 Å². The first kappa shape index (κ1) is 23.9. The number of fused-ring (bicyclic) bond motifs is 2. The Morgan fingerprint density at radius 1 is 0.811 bits per heavy atom. The summed E-state index contributed by atoms with van der Waals surface area (Å²) in [6.45, 7) is 4.82. The van der Waals surface area contributed by atoms with E-state index in [4.69, 9.17) is 4.37 Å². The average molecular weight is 529 g/mol. The number of sulfonamides is 1. The lowest BCUT2D eigenvalue weighted by molar-refractivity contribution is 0.261. The van der Waals surface area contributed by atoms with E-state index in [0.717, 1.165) is 61.3 Å². The van der Waals surface area contributed by atoms with E-state index in [1.807, 2.05) is 42.5 Å². The fourth-order valence-electron chi connectivity index (χ4n) is 4.91. The molecule has 0 spiro atoms. The minimum atomic E-state index is -3.67. The molecule has 8 heteroatoms. The summed E-state index contributed by atoms with van der Waals surface area (Å²) in [6, 6.07) is 29.1. The molecule has 5 aromatic rings. The first-order valence-corrected chi connectivity index (χ1v) is 14.7. The summed E-state index contributed by atoms with van der Waals surface area (Å²) in [7, 11) is -3.67. The van der Waals surface area contributed by atoms with Gasteiger partial charge in [0.25, 0.3) is 10.0 Å². The number of hydrogen-bond acceptors (Lipinski definition) is 6. The molecule has 4 aromatic carbocycles. The van der Waals surface area contributed by atoms with Gasteiger partial charge in [-0.15, -0.1) is 0 Å². The third kappa shape index (κ3) is 5.18. The van der Waals surface area contributed by atoms with Crippen LogP contribution in [-0.4, -0.2) is 50.4 Å². The molecular formula is C29H28N4O2S2. The van der Waals surface area contributed by atoms with Crippen LogP contribution in [0.5, 0.6) is 0 Å². The van der Waals surface area contributed by atoms with Gasteiger partial charge in [0.2, 0.25) is 0 Å². The lowest BCUT2D eigenvalue weighted by Gasteiger charge is -2.35. The van der Waals surface area contributed by atoms with E-state index in [-0.39, 0.29) is 4.90 Å². The number of hydrogen-bond donors (Lipinski definition) is 1. The van der Waals surface area contributed by atoms with Crippen LogP contribution in [0.1, 0.15) is 5.56 Å². The summed E-state index contributed by atoms with van der Waals surface area (Å²) in [5.74, 6) is 1.10. The maximum atomic E-state index is 13.0. The van der Waals surface area contributed by atoms with Crippen molar-refractivity contribution in [1.82, 2.24) is 9.27 Å². The highest BCUT2D eigenvalue weighted by molar-refractivity contribution is 7.92. The van der Waals surface area contributed by atoms with E-state index in [1.54, 1.807) is 29.7 Å². The van der Waals surface area contributed by atoms with Crippen molar-refractivity contribution in [3.8, 4) is 0 Å². The van der Waals surface area contributed by atoms with Crippen molar-refractivity contribution in [3.63, 3.8) is 0 Å². The van der Waals surface area contributed by atoms with Gasteiger partial charge in [-0.3, -0.25) is 9.62 Å². The van der Waals surface area contributed by atoms with Gasteiger partial charge >= 0.3 is 0 Å². The Kier molecular flexibility index (Phi) is 6.54. The fourth-order valence-corrected chi connectivity index (χ4v) is 6.79. The number of nitrogens with one attached hydrogen (secondary N) is 1. The van der Waals surface area contributed by atoms with Crippen LogP contribution in [0.15, 0.2) is 95.9 Å². The highest BCUT2D eigenvalue weighted by Gasteiger charge is 2.21. The van der Waals surface area contributed by atoms with E-state index in [2.05, 4.69) is 44.9 Å². The van der Waals surface area contributed by atoms with E-state index in [1.165, 1.54) is 10.1 Å². The molecule has 0 aliphatic carbocycles. The predicted molar refractivity (Wildman–Crippen MR) is 153 cm³/mol. The summed E-state index contributed by atoms with van der Waals surface area (Å²) in [5, 5.41) is 3.16. The van der Waals surface area contributed by atoms with Crippen LogP contribution >= 0.6 is 11.5 Å². The number of piperazine rings is 1. The highest BCUT2D eigenvalue weighted by atomic mass is 32.2. The second-order valence-corrected chi connectivity index (χ2v) is 11.9. The highest BCUT2D eigenvalue weighted by Crippen LogP contribution is 2.30. The summed E-state index contributed by atoms with van der Waals surface area (Å²) in [5.41, 5.74) is 1.71. The molecule has 6 rings (SSSR count). The summed E-state index contributed by atoms with van der Waals surface area (Å²) >= 11 is 1.57. The van der Waals surface area contributed by atoms with E-state index in [0.29, 0.717) is 5.69 Å². The number of nitrogens with zero attached hydrogens (tertiary/aromatic N) is 3. The molecule has 1 N–H and O–H groups in total. The second kappa shape index (κ2) is 10.1. The monoisotopic (exact) mass is 528 g/mol. The second-order valence-electron chi connectivity index (χ2n) is 9.40. The zero-order valence-electron chi connectivity index (χ0n) is 20.4. The maximum absolute atomic E-state index is 13.0. The standard InChI is InChI=1S/C29H28N4O2S2/c34-37(35,26-13-12-23-7-1-2-8-24(23)21-26)31-25-9-5-6-22(20-25)14-15-32-16-18-33(19-17-32)29-27-10-3-4-11-28(27)36-30-29/h1-13,20-21,31H,14-19H2. The van der Waals surface area contributed by atoms with Gasteiger partial charge in [-0.2, -0.15) is 4.37 Å². The molecule has 6 nitrogen and oxygen atoms in total. The van der Waals surface area contributed by atoms with Crippen LogP contribution in [0.3, 0.4) is 0 Å². The molecule has 1 saturated heterocycles. The van der Waals surface area contributed by atoms with Gasteiger partial charge in [0.15, 0.2) is 0 Å². The van der Waals surface area contributed by atoms with Crippen LogP contribution in [0.2, 0.25) is 0 Å². The Labute approximate surface area is 221 Å². The van der Waals surface area contributed by atoms with Crippen molar-refractivity contribution in [2.24, 2.45) is 0 Å². The van der Waals surface area contributed by atoms with Crippen molar-refractivity contribution in [2.75, 3.05) is 42.3 Å². The normalized spacial score (nSPS) is 14.9. The topological polar surface area (TPSA) is 65.5 Å². The molecule has 0 saturated carbocycles. The average Bonchev–Trinajstić information content (AvgIpc) is 3.36. The quantitative estimate of drug-likeness (QED) is 0.297. The first-order valence-electron chi connectivity index (χ1n) is 12.5. The number of aromatic nitrogens is 1. The molecule has 1 aliphatic heterocycles. The van der Waals surface area contributed by atoms with Crippen molar-refractivity contribution in [3.05, 3.63) is 96.6 Å². The molecule has 1 aliphatic rings. The van der Waals surface area contributed by atoms with E-state index >= 15 is 0 Å². The van der Waals surface area contributed by atoms with Crippen LogP contribution < -0.4 is 9.62 Å². The molecule has 2 heterocycles. The maximum Gasteiger partial charge on any atom is 0.261 e. The van der Waals surface area contributed by atoms with Crippen molar-refractivity contribution in [2.45, 2.75) is 11.3 Å².